The van der Waals surface area contributed by atoms with Gasteiger partial charge in [0.2, 0.25) is 5.91 Å². The third kappa shape index (κ3) is 3.24. The monoisotopic (exact) mass is 338 g/mol. The van der Waals surface area contributed by atoms with E-state index in [0.717, 1.165) is 0 Å². The topological polar surface area (TPSA) is 75.7 Å². The molecule has 0 saturated carbocycles. The number of hydrogen-bond acceptors (Lipinski definition) is 4. The molecule has 25 heavy (non-hydrogen) atoms. The summed E-state index contributed by atoms with van der Waals surface area (Å²) in [4.78, 5) is 38.5. The van der Waals surface area contributed by atoms with E-state index in [4.69, 9.17) is 4.74 Å². The van der Waals surface area contributed by atoms with Gasteiger partial charge in [0.05, 0.1) is 30.0 Å². The smallest absolute Gasteiger partial charge is 0.337 e. The van der Waals surface area contributed by atoms with Crippen molar-refractivity contribution in [2.24, 2.45) is 5.92 Å². The van der Waals surface area contributed by atoms with Crippen molar-refractivity contribution in [1.82, 2.24) is 0 Å². The molecule has 3 rings (SSSR count). The number of para-hydroxylation sites is 2. The molecule has 1 unspecified atom stereocenters. The van der Waals surface area contributed by atoms with Gasteiger partial charge in [-0.1, -0.05) is 25.1 Å². The molecule has 128 valence electrons. The summed E-state index contributed by atoms with van der Waals surface area (Å²) in [5.41, 5.74) is 1.89. The number of nitrogens with zero attached hydrogens (tertiary/aromatic N) is 1. The fourth-order valence-electron chi connectivity index (χ4n) is 2.77. The molecule has 6 heteroatoms. The lowest BCUT2D eigenvalue weighted by Gasteiger charge is -2.23. The second kappa shape index (κ2) is 6.76. The second-order valence-corrected chi connectivity index (χ2v) is 5.90. The van der Waals surface area contributed by atoms with Crippen LogP contribution in [0.15, 0.2) is 48.5 Å². The van der Waals surface area contributed by atoms with Crippen LogP contribution in [0.1, 0.15) is 27.6 Å². The molecule has 2 aromatic carbocycles. The van der Waals surface area contributed by atoms with Gasteiger partial charge in [0.1, 0.15) is 0 Å². The van der Waals surface area contributed by atoms with Gasteiger partial charge in [-0.2, -0.15) is 0 Å². The Kier molecular flexibility index (Phi) is 4.52. The average Bonchev–Trinajstić information content (AvgIpc) is 2.77. The lowest BCUT2D eigenvalue weighted by Crippen LogP contribution is -2.36. The number of benzene rings is 2. The van der Waals surface area contributed by atoms with Crippen LogP contribution in [-0.4, -0.2) is 31.4 Å². The fraction of sp³-hybridized carbons (Fsp3) is 0.211. The van der Waals surface area contributed by atoms with E-state index in [1.807, 2.05) is 6.07 Å². The van der Waals surface area contributed by atoms with Crippen LogP contribution in [0.5, 0.6) is 0 Å². The minimum Gasteiger partial charge on any atom is -0.465 e. The lowest BCUT2D eigenvalue weighted by atomic mass is 10.1. The van der Waals surface area contributed by atoms with Crippen LogP contribution in [0.4, 0.5) is 11.4 Å². The summed E-state index contributed by atoms with van der Waals surface area (Å²) in [5, 5.41) is 2.84. The zero-order valence-corrected chi connectivity index (χ0v) is 14.0. The second-order valence-electron chi connectivity index (χ2n) is 5.90. The number of ether oxygens (including phenoxy) is 1. The van der Waals surface area contributed by atoms with Gasteiger partial charge < -0.3 is 15.0 Å². The Morgan fingerprint density at radius 3 is 2.60 bits per heavy atom. The Morgan fingerprint density at radius 1 is 1.12 bits per heavy atom. The first-order valence-electron chi connectivity index (χ1n) is 7.91. The van der Waals surface area contributed by atoms with E-state index in [2.05, 4.69) is 5.32 Å². The van der Waals surface area contributed by atoms with Crippen molar-refractivity contribution in [3.8, 4) is 0 Å². The van der Waals surface area contributed by atoms with E-state index in [1.54, 1.807) is 48.2 Å². The van der Waals surface area contributed by atoms with Crippen molar-refractivity contribution in [3.05, 3.63) is 59.7 Å². The van der Waals surface area contributed by atoms with Crippen molar-refractivity contribution in [2.45, 2.75) is 6.92 Å². The first-order chi connectivity index (χ1) is 12.0. The van der Waals surface area contributed by atoms with Crippen LogP contribution < -0.4 is 10.2 Å². The van der Waals surface area contributed by atoms with Gasteiger partial charge in [-0.25, -0.2) is 4.79 Å². The minimum absolute atomic E-state index is 0.133. The normalized spacial score (nSPS) is 16.5. The summed E-state index contributed by atoms with van der Waals surface area (Å²) in [6.07, 6.45) is 0. The number of hydrogen-bond donors (Lipinski definition) is 1. The Hall–Kier alpha value is -3.15. The molecule has 1 aliphatic heterocycles. The third-order valence-corrected chi connectivity index (χ3v) is 4.13. The molecule has 0 aromatic heterocycles. The Balaban J connectivity index is 2.01. The Bertz CT molecular complexity index is 847. The quantitative estimate of drug-likeness (QED) is 0.854. The summed E-state index contributed by atoms with van der Waals surface area (Å²) < 4.78 is 4.71. The number of methoxy groups -OCH3 is 1. The van der Waals surface area contributed by atoms with Gasteiger partial charge in [0.15, 0.2) is 0 Å². The van der Waals surface area contributed by atoms with Crippen LogP contribution in [0.3, 0.4) is 0 Å². The highest BCUT2D eigenvalue weighted by Crippen LogP contribution is 2.31. The zero-order chi connectivity index (χ0) is 18.0. The molecule has 1 aliphatic rings. The Morgan fingerprint density at radius 2 is 1.84 bits per heavy atom. The number of amides is 2. The highest BCUT2D eigenvalue weighted by molar-refractivity contribution is 6.11. The van der Waals surface area contributed by atoms with Crippen molar-refractivity contribution < 1.29 is 19.1 Å². The SMILES string of the molecule is COC(=O)c1cccc(C(=O)N2CC(C)C(=O)Nc3ccccc32)c1. The van der Waals surface area contributed by atoms with Crippen molar-refractivity contribution in [2.75, 3.05) is 23.9 Å². The third-order valence-electron chi connectivity index (χ3n) is 4.13. The van der Waals surface area contributed by atoms with Gasteiger partial charge >= 0.3 is 5.97 Å². The first kappa shape index (κ1) is 16.7. The van der Waals surface area contributed by atoms with E-state index in [-0.39, 0.29) is 24.3 Å². The molecule has 1 N–H and O–H groups in total. The molecule has 0 spiro atoms. The maximum absolute atomic E-state index is 13.1. The standard InChI is InChI=1S/C19H18N2O4/c1-12-11-21(16-9-4-3-8-15(16)20-17(12)22)18(23)13-6-5-7-14(10-13)19(24)25-2/h3-10,12H,11H2,1-2H3,(H,20,22). The summed E-state index contributed by atoms with van der Waals surface area (Å²) in [7, 11) is 1.29. The molecule has 0 saturated heterocycles. The fourth-order valence-corrected chi connectivity index (χ4v) is 2.77. The van der Waals surface area contributed by atoms with E-state index >= 15 is 0 Å². The maximum atomic E-state index is 13.1. The predicted molar refractivity (Wildman–Crippen MR) is 93.7 cm³/mol. The molecule has 2 aromatic rings. The van der Waals surface area contributed by atoms with E-state index in [1.165, 1.54) is 13.2 Å². The van der Waals surface area contributed by atoms with Crippen LogP contribution in [-0.2, 0) is 9.53 Å². The van der Waals surface area contributed by atoms with Crippen molar-refractivity contribution >= 4 is 29.2 Å². The van der Waals surface area contributed by atoms with Crippen LogP contribution in [0.25, 0.3) is 0 Å². The van der Waals surface area contributed by atoms with Crippen molar-refractivity contribution in [3.63, 3.8) is 0 Å². The van der Waals surface area contributed by atoms with Gasteiger partial charge in [-0.05, 0) is 30.3 Å². The number of rotatable bonds is 2. The summed E-state index contributed by atoms with van der Waals surface area (Å²) in [6, 6.07) is 13.5. The molecule has 0 radical (unpaired) electrons. The molecule has 2 amide bonds. The van der Waals surface area contributed by atoms with Gasteiger partial charge in [-0.15, -0.1) is 0 Å². The average molecular weight is 338 g/mol. The van der Waals surface area contributed by atoms with Crippen LogP contribution in [0.2, 0.25) is 0 Å². The molecule has 6 nitrogen and oxygen atoms in total. The molecule has 1 heterocycles. The maximum Gasteiger partial charge on any atom is 0.337 e. The summed E-state index contributed by atoms with van der Waals surface area (Å²) in [6.45, 7) is 2.02. The number of carbonyl (C=O) groups excluding carboxylic acids is 3. The first-order valence-corrected chi connectivity index (χ1v) is 7.91. The number of nitrogens with one attached hydrogen (secondary N) is 1. The van der Waals surface area contributed by atoms with E-state index in [9.17, 15) is 14.4 Å². The molecule has 0 bridgehead atoms. The lowest BCUT2D eigenvalue weighted by molar-refractivity contribution is -0.119. The predicted octanol–water partition coefficient (Wildman–Crippen LogP) is 2.71. The number of esters is 1. The molecular weight excluding hydrogens is 320 g/mol. The number of fused-ring (bicyclic) bond motifs is 1. The number of anilines is 2. The highest BCUT2D eigenvalue weighted by Gasteiger charge is 2.29. The molecular formula is C19H18N2O4. The Labute approximate surface area is 145 Å². The van der Waals surface area contributed by atoms with Gasteiger partial charge in [-0.3, -0.25) is 9.59 Å². The number of carbonyl (C=O) groups is 3. The largest absolute Gasteiger partial charge is 0.465 e. The van der Waals surface area contributed by atoms with Crippen LogP contribution in [0, 0.1) is 5.92 Å². The highest BCUT2D eigenvalue weighted by atomic mass is 16.5. The summed E-state index contributed by atoms with van der Waals surface area (Å²) in [5.74, 6) is -1.27. The summed E-state index contributed by atoms with van der Waals surface area (Å²) >= 11 is 0. The molecule has 1 atom stereocenters. The minimum atomic E-state index is -0.504. The van der Waals surface area contributed by atoms with E-state index < -0.39 is 5.97 Å². The van der Waals surface area contributed by atoms with E-state index in [0.29, 0.717) is 22.5 Å². The van der Waals surface area contributed by atoms with Gasteiger partial charge in [0.25, 0.3) is 5.91 Å². The molecule has 0 fully saturated rings. The van der Waals surface area contributed by atoms with Crippen molar-refractivity contribution in [1.29, 1.82) is 0 Å². The van der Waals surface area contributed by atoms with Gasteiger partial charge in [0, 0.05) is 12.1 Å². The molecule has 0 aliphatic carbocycles. The zero-order valence-electron chi connectivity index (χ0n) is 14.0. The van der Waals surface area contributed by atoms with Crippen LogP contribution >= 0.6 is 0 Å².